The van der Waals surface area contributed by atoms with Crippen LogP contribution < -0.4 is 0 Å². The molecule has 7 nitrogen and oxygen atoms in total. The summed E-state index contributed by atoms with van der Waals surface area (Å²) < 4.78 is 10.9. The molecule has 0 amide bonds. The number of non-ortho nitro benzene ring substituents is 1. The Hall–Kier alpha value is -3.71. The second-order valence-corrected chi connectivity index (χ2v) is 6.23. The number of cyclic esters (lactones) is 1. The van der Waals surface area contributed by atoms with E-state index >= 15 is 0 Å². The van der Waals surface area contributed by atoms with E-state index in [1.54, 1.807) is 48.5 Å². The summed E-state index contributed by atoms with van der Waals surface area (Å²) in [6, 6.07) is 16.2. The van der Waals surface area contributed by atoms with Crippen molar-refractivity contribution < 1.29 is 18.9 Å². The zero-order chi connectivity index (χ0) is 19.7. The molecule has 2 aromatic carbocycles. The summed E-state index contributed by atoms with van der Waals surface area (Å²) in [5.74, 6) is 0.417. The molecule has 2 heterocycles. The van der Waals surface area contributed by atoms with Crippen molar-refractivity contribution in [1.29, 1.82) is 0 Å². The maximum absolute atomic E-state index is 12.1. The highest BCUT2D eigenvalue weighted by atomic mass is 35.5. The molecule has 0 fully saturated rings. The minimum Gasteiger partial charge on any atom is -0.457 e. The molecule has 1 aliphatic heterocycles. The van der Waals surface area contributed by atoms with Gasteiger partial charge in [-0.1, -0.05) is 23.7 Å². The number of rotatable bonds is 4. The zero-order valence-corrected chi connectivity index (χ0v) is 14.9. The van der Waals surface area contributed by atoms with E-state index in [1.807, 2.05) is 0 Å². The van der Waals surface area contributed by atoms with Gasteiger partial charge in [-0.25, -0.2) is 9.79 Å². The van der Waals surface area contributed by atoms with E-state index in [9.17, 15) is 14.9 Å². The third kappa shape index (κ3) is 3.43. The van der Waals surface area contributed by atoms with Gasteiger partial charge in [0.25, 0.3) is 5.69 Å². The highest BCUT2D eigenvalue weighted by molar-refractivity contribution is 6.34. The van der Waals surface area contributed by atoms with Gasteiger partial charge in [-0.3, -0.25) is 10.1 Å². The first kappa shape index (κ1) is 17.7. The van der Waals surface area contributed by atoms with E-state index in [4.69, 9.17) is 20.8 Å². The van der Waals surface area contributed by atoms with Crippen molar-refractivity contribution in [2.45, 2.75) is 0 Å². The van der Waals surface area contributed by atoms with Crippen molar-refractivity contribution in [2.75, 3.05) is 0 Å². The van der Waals surface area contributed by atoms with Gasteiger partial charge in [0.15, 0.2) is 5.70 Å². The second kappa shape index (κ2) is 7.13. The number of nitrogens with zero attached hydrogens (tertiary/aromatic N) is 2. The second-order valence-electron chi connectivity index (χ2n) is 5.82. The molecule has 0 N–H and O–H groups in total. The number of carbonyl (C=O) groups excluding carboxylic acids is 1. The van der Waals surface area contributed by atoms with E-state index in [-0.39, 0.29) is 17.3 Å². The number of nitro benzene ring substituents is 1. The van der Waals surface area contributed by atoms with Gasteiger partial charge in [-0.2, -0.15) is 0 Å². The lowest BCUT2D eigenvalue weighted by atomic mass is 10.1. The highest BCUT2D eigenvalue weighted by Crippen LogP contribution is 2.27. The maximum atomic E-state index is 12.1. The molecule has 3 aromatic rings. The first-order valence-corrected chi connectivity index (χ1v) is 8.51. The van der Waals surface area contributed by atoms with Gasteiger partial charge >= 0.3 is 5.97 Å². The van der Waals surface area contributed by atoms with E-state index in [2.05, 4.69) is 4.99 Å². The number of benzene rings is 2. The van der Waals surface area contributed by atoms with Crippen LogP contribution in [0.15, 0.2) is 75.8 Å². The van der Waals surface area contributed by atoms with Crippen molar-refractivity contribution in [3.05, 3.63) is 92.8 Å². The van der Waals surface area contributed by atoms with E-state index in [0.717, 1.165) is 0 Å². The molecular weight excluding hydrogens is 384 g/mol. The Kier molecular flexibility index (Phi) is 4.50. The fourth-order valence-corrected chi connectivity index (χ4v) is 2.84. The van der Waals surface area contributed by atoms with Crippen molar-refractivity contribution in [3.8, 4) is 11.3 Å². The van der Waals surface area contributed by atoms with Crippen LogP contribution in [0.2, 0.25) is 5.02 Å². The molecular formula is C20H11ClN2O5. The topological polar surface area (TPSA) is 94.9 Å². The molecule has 1 aromatic heterocycles. The molecule has 28 heavy (non-hydrogen) atoms. The predicted molar refractivity (Wildman–Crippen MR) is 103 cm³/mol. The van der Waals surface area contributed by atoms with Gasteiger partial charge in [0, 0.05) is 23.8 Å². The van der Waals surface area contributed by atoms with Gasteiger partial charge in [0.05, 0.1) is 15.5 Å². The van der Waals surface area contributed by atoms with E-state index in [0.29, 0.717) is 27.7 Å². The molecule has 0 unspecified atom stereocenters. The molecule has 8 heteroatoms. The average molecular weight is 395 g/mol. The van der Waals surface area contributed by atoms with Crippen LogP contribution >= 0.6 is 11.6 Å². The summed E-state index contributed by atoms with van der Waals surface area (Å²) in [5, 5.41) is 11.2. The third-order valence-corrected chi connectivity index (χ3v) is 4.32. The number of halogens is 1. The number of nitro groups is 1. The minimum atomic E-state index is -0.608. The molecule has 0 radical (unpaired) electrons. The van der Waals surface area contributed by atoms with Crippen LogP contribution in [-0.2, 0) is 9.53 Å². The lowest BCUT2D eigenvalue weighted by molar-refractivity contribution is -0.384. The lowest BCUT2D eigenvalue weighted by Gasteiger charge is -2.00. The molecule has 138 valence electrons. The monoisotopic (exact) mass is 394 g/mol. The molecule has 0 saturated heterocycles. The lowest BCUT2D eigenvalue weighted by Crippen LogP contribution is -2.05. The first-order valence-electron chi connectivity index (χ1n) is 8.13. The summed E-state index contributed by atoms with van der Waals surface area (Å²) >= 11 is 6.11. The Morgan fingerprint density at radius 3 is 2.50 bits per heavy atom. The number of ether oxygens (including phenoxy) is 1. The van der Waals surface area contributed by atoms with Crippen LogP contribution in [0.25, 0.3) is 17.4 Å². The van der Waals surface area contributed by atoms with Crippen LogP contribution in [0.3, 0.4) is 0 Å². The SMILES string of the molecule is O=C1OC(c2ccccc2Cl)=N/C1=C\c1ccc(-c2ccc([N+](=O)[O-])cc2)o1. The van der Waals surface area contributed by atoms with Crippen LogP contribution in [0, 0.1) is 10.1 Å². The molecule has 0 atom stereocenters. The fourth-order valence-electron chi connectivity index (χ4n) is 2.63. The van der Waals surface area contributed by atoms with Gasteiger partial charge in [-0.05, 0) is 36.4 Å². The smallest absolute Gasteiger partial charge is 0.363 e. The van der Waals surface area contributed by atoms with Crippen molar-refractivity contribution in [2.24, 2.45) is 4.99 Å². The summed E-state index contributed by atoms with van der Waals surface area (Å²) in [6.45, 7) is 0. The zero-order valence-electron chi connectivity index (χ0n) is 14.2. The standard InChI is InChI=1S/C20H11ClN2O5/c21-16-4-2-1-3-15(16)19-22-17(20(24)28-19)11-14-9-10-18(27-14)12-5-7-13(8-6-12)23(25)26/h1-11H/b17-11-. The Morgan fingerprint density at radius 2 is 1.79 bits per heavy atom. The Labute approximate surface area is 163 Å². The summed E-state index contributed by atoms with van der Waals surface area (Å²) in [6.07, 6.45) is 1.46. The summed E-state index contributed by atoms with van der Waals surface area (Å²) in [4.78, 5) is 26.6. The van der Waals surface area contributed by atoms with Crippen LogP contribution in [-0.4, -0.2) is 16.8 Å². The van der Waals surface area contributed by atoms with Crippen LogP contribution in [0.1, 0.15) is 11.3 Å². The quantitative estimate of drug-likeness (QED) is 0.273. The number of hydrogen-bond donors (Lipinski definition) is 0. The average Bonchev–Trinajstić information content (AvgIpc) is 3.30. The molecule has 0 spiro atoms. The maximum Gasteiger partial charge on any atom is 0.363 e. The molecule has 4 rings (SSSR count). The van der Waals surface area contributed by atoms with Gasteiger partial charge < -0.3 is 9.15 Å². The minimum absolute atomic E-state index is 0.00668. The van der Waals surface area contributed by atoms with Gasteiger partial charge in [-0.15, -0.1) is 0 Å². The van der Waals surface area contributed by atoms with Gasteiger partial charge in [0.1, 0.15) is 11.5 Å². The third-order valence-electron chi connectivity index (χ3n) is 3.99. The summed E-state index contributed by atoms with van der Waals surface area (Å²) in [7, 11) is 0. The molecule has 0 aliphatic carbocycles. The molecule has 1 aliphatic rings. The fraction of sp³-hybridized carbons (Fsp3) is 0. The van der Waals surface area contributed by atoms with Crippen molar-refractivity contribution >= 4 is 35.2 Å². The molecule has 0 bridgehead atoms. The Balaban J connectivity index is 1.60. The Morgan fingerprint density at radius 1 is 1.04 bits per heavy atom. The van der Waals surface area contributed by atoms with Crippen LogP contribution in [0.5, 0.6) is 0 Å². The van der Waals surface area contributed by atoms with Crippen molar-refractivity contribution in [3.63, 3.8) is 0 Å². The van der Waals surface area contributed by atoms with Crippen LogP contribution in [0.4, 0.5) is 5.69 Å². The first-order chi connectivity index (χ1) is 13.5. The number of aliphatic imine (C=N–C) groups is 1. The Bertz CT molecular complexity index is 1150. The number of esters is 1. The predicted octanol–water partition coefficient (Wildman–Crippen LogP) is 4.85. The molecule has 0 saturated carbocycles. The van der Waals surface area contributed by atoms with Crippen molar-refractivity contribution in [1.82, 2.24) is 0 Å². The summed E-state index contributed by atoms with van der Waals surface area (Å²) in [5.41, 5.74) is 1.27. The largest absolute Gasteiger partial charge is 0.457 e. The number of furan rings is 1. The van der Waals surface area contributed by atoms with Gasteiger partial charge in [0.2, 0.25) is 5.90 Å². The number of hydrogen-bond acceptors (Lipinski definition) is 6. The number of carbonyl (C=O) groups is 1. The normalized spacial score (nSPS) is 14.8. The highest BCUT2D eigenvalue weighted by Gasteiger charge is 2.25. The van der Waals surface area contributed by atoms with E-state index < -0.39 is 10.9 Å². The van der Waals surface area contributed by atoms with E-state index in [1.165, 1.54) is 18.2 Å².